The van der Waals surface area contributed by atoms with E-state index < -0.39 is 9.84 Å². The number of carbonyl (C=O) groups excluding carboxylic acids is 1. The maximum atomic E-state index is 10.5. The minimum atomic E-state index is -2.87. The van der Waals surface area contributed by atoms with E-state index in [4.69, 9.17) is 0 Å². The fourth-order valence-corrected chi connectivity index (χ4v) is 1.25. The van der Waals surface area contributed by atoms with E-state index in [2.05, 4.69) is 0 Å². The quantitative estimate of drug-likeness (QED) is 0.604. The Bertz CT molecular complexity index is 203. The van der Waals surface area contributed by atoms with Gasteiger partial charge >= 0.3 is 0 Å². The number of ketones is 1. The molecule has 0 amide bonds. The van der Waals surface area contributed by atoms with Crippen LogP contribution >= 0.6 is 0 Å². The van der Waals surface area contributed by atoms with Crippen molar-refractivity contribution >= 4 is 15.6 Å². The summed E-state index contributed by atoms with van der Waals surface area (Å²) in [6.45, 7) is 1.46. The average Bonchev–Trinajstić information content (AvgIpc) is 1.59. The number of hydrogen-bond donors (Lipinski definition) is 0. The van der Waals surface area contributed by atoms with Gasteiger partial charge in [-0.05, 0) is 13.3 Å². The Morgan fingerprint density at radius 3 is 2.20 bits per heavy atom. The lowest BCUT2D eigenvalue weighted by Crippen LogP contribution is -2.04. The summed E-state index contributed by atoms with van der Waals surface area (Å²) in [4.78, 5) is 10.3. The smallest absolute Gasteiger partial charge is 0.147 e. The molecular formula is C6H12O3S. The Morgan fingerprint density at radius 2 is 1.90 bits per heavy atom. The molecule has 3 nitrogen and oxygen atoms in total. The van der Waals surface area contributed by atoms with Gasteiger partial charge in [-0.3, -0.25) is 0 Å². The lowest BCUT2D eigenvalue weighted by molar-refractivity contribution is -0.117. The highest BCUT2D eigenvalue weighted by Gasteiger charge is 2.01. The molecule has 0 aromatic heterocycles. The highest BCUT2D eigenvalue weighted by atomic mass is 32.2. The summed E-state index contributed by atoms with van der Waals surface area (Å²) < 4.78 is 21.0. The Morgan fingerprint density at radius 1 is 1.40 bits per heavy atom. The molecule has 0 N–H and O–H groups in total. The first-order valence-corrected chi connectivity index (χ1v) is 5.15. The van der Waals surface area contributed by atoms with Gasteiger partial charge in [0.05, 0.1) is 5.75 Å². The second-order valence-corrected chi connectivity index (χ2v) is 4.70. The van der Waals surface area contributed by atoms with Gasteiger partial charge in [0.15, 0.2) is 0 Å². The van der Waals surface area contributed by atoms with Crippen LogP contribution in [-0.4, -0.2) is 26.2 Å². The first kappa shape index (κ1) is 9.62. The SMILES string of the molecule is CC(=O)CCCS(C)(=O)=O. The Kier molecular flexibility index (Phi) is 3.57. The second kappa shape index (κ2) is 3.71. The van der Waals surface area contributed by atoms with Gasteiger partial charge in [-0.2, -0.15) is 0 Å². The van der Waals surface area contributed by atoms with Crippen LogP contribution in [0.3, 0.4) is 0 Å². The van der Waals surface area contributed by atoms with Crippen molar-refractivity contribution in [2.45, 2.75) is 19.8 Å². The third kappa shape index (κ3) is 7.62. The van der Waals surface area contributed by atoms with Gasteiger partial charge < -0.3 is 4.79 Å². The van der Waals surface area contributed by atoms with Crippen molar-refractivity contribution in [1.82, 2.24) is 0 Å². The molecule has 60 valence electrons. The molecule has 0 rings (SSSR count). The molecule has 0 unspecified atom stereocenters. The van der Waals surface area contributed by atoms with Gasteiger partial charge in [0, 0.05) is 12.7 Å². The van der Waals surface area contributed by atoms with Crippen molar-refractivity contribution in [3.63, 3.8) is 0 Å². The Labute approximate surface area is 61.4 Å². The van der Waals surface area contributed by atoms with Crippen molar-refractivity contribution in [1.29, 1.82) is 0 Å². The lowest BCUT2D eigenvalue weighted by Gasteiger charge is -1.93. The van der Waals surface area contributed by atoms with Gasteiger partial charge in [-0.25, -0.2) is 8.42 Å². The standard InChI is InChI=1S/C6H12O3S/c1-6(7)4-3-5-10(2,8)9/h3-5H2,1-2H3. The van der Waals surface area contributed by atoms with Crippen LogP contribution in [0.4, 0.5) is 0 Å². The van der Waals surface area contributed by atoms with Gasteiger partial charge in [0.1, 0.15) is 15.6 Å². The summed E-state index contributed by atoms with van der Waals surface area (Å²) in [6.07, 6.45) is 1.99. The van der Waals surface area contributed by atoms with E-state index in [-0.39, 0.29) is 11.5 Å². The maximum absolute atomic E-state index is 10.5. The van der Waals surface area contributed by atoms with E-state index in [1.807, 2.05) is 0 Å². The predicted octanol–water partition coefficient (Wildman–Crippen LogP) is 0.400. The Hall–Kier alpha value is -0.380. The molecule has 0 fully saturated rings. The van der Waals surface area contributed by atoms with Crippen LogP contribution in [0, 0.1) is 0 Å². The molecule has 0 heterocycles. The molecule has 0 saturated heterocycles. The van der Waals surface area contributed by atoms with Gasteiger partial charge in [-0.1, -0.05) is 0 Å². The highest BCUT2D eigenvalue weighted by molar-refractivity contribution is 7.90. The molecule has 0 spiro atoms. The number of Topliss-reactive ketones (excluding diaryl/α,β-unsaturated/α-hetero) is 1. The summed E-state index contributed by atoms with van der Waals surface area (Å²) in [5, 5.41) is 0. The van der Waals surface area contributed by atoms with Crippen molar-refractivity contribution in [3.8, 4) is 0 Å². The fourth-order valence-electron chi connectivity index (χ4n) is 0.583. The average molecular weight is 164 g/mol. The van der Waals surface area contributed by atoms with Crippen molar-refractivity contribution in [2.75, 3.05) is 12.0 Å². The minimum Gasteiger partial charge on any atom is -0.300 e. The molecule has 0 saturated carbocycles. The molecule has 0 radical (unpaired) electrons. The van der Waals surface area contributed by atoms with Crippen LogP contribution in [0.15, 0.2) is 0 Å². The zero-order valence-electron chi connectivity index (χ0n) is 6.25. The summed E-state index contributed by atoms with van der Waals surface area (Å²) in [5.74, 6) is 0.163. The molecular weight excluding hydrogens is 152 g/mol. The van der Waals surface area contributed by atoms with Crippen LogP contribution in [0.2, 0.25) is 0 Å². The zero-order valence-corrected chi connectivity index (χ0v) is 7.07. The summed E-state index contributed by atoms with van der Waals surface area (Å²) >= 11 is 0. The Balaban J connectivity index is 3.49. The fraction of sp³-hybridized carbons (Fsp3) is 0.833. The third-order valence-corrected chi connectivity index (χ3v) is 2.07. The predicted molar refractivity (Wildman–Crippen MR) is 39.6 cm³/mol. The highest BCUT2D eigenvalue weighted by Crippen LogP contribution is 1.94. The van der Waals surface area contributed by atoms with E-state index in [0.717, 1.165) is 0 Å². The molecule has 0 aliphatic heterocycles. The molecule has 0 bridgehead atoms. The van der Waals surface area contributed by atoms with Crippen LogP contribution in [0.25, 0.3) is 0 Å². The van der Waals surface area contributed by atoms with Gasteiger partial charge in [0.25, 0.3) is 0 Å². The number of hydrogen-bond acceptors (Lipinski definition) is 3. The molecule has 0 aliphatic rings. The lowest BCUT2D eigenvalue weighted by atomic mass is 10.3. The molecule has 0 atom stereocenters. The molecule has 0 aromatic rings. The minimum absolute atomic E-state index is 0.0450. The van der Waals surface area contributed by atoms with E-state index in [0.29, 0.717) is 12.8 Å². The largest absolute Gasteiger partial charge is 0.300 e. The van der Waals surface area contributed by atoms with Crippen LogP contribution in [-0.2, 0) is 14.6 Å². The number of carbonyl (C=O) groups is 1. The van der Waals surface area contributed by atoms with E-state index in [9.17, 15) is 13.2 Å². The third-order valence-electron chi connectivity index (χ3n) is 1.04. The van der Waals surface area contributed by atoms with Crippen molar-refractivity contribution in [3.05, 3.63) is 0 Å². The van der Waals surface area contributed by atoms with Gasteiger partial charge in [-0.15, -0.1) is 0 Å². The second-order valence-electron chi connectivity index (χ2n) is 2.44. The topological polar surface area (TPSA) is 51.2 Å². The molecule has 0 aliphatic carbocycles. The van der Waals surface area contributed by atoms with Crippen LogP contribution in [0.1, 0.15) is 19.8 Å². The van der Waals surface area contributed by atoms with E-state index in [1.165, 1.54) is 13.2 Å². The number of rotatable bonds is 4. The summed E-state index contributed by atoms with van der Waals surface area (Å²) in [5.41, 5.74) is 0. The van der Waals surface area contributed by atoms with Crippen LogP contribution in [0.5, 0.6) is 0 Å². The number of sulfone groups is 1. The van der Waals surface area contributed by atoms with Gasteiger partial charge in [0.2, 0.25) is 0 Å². The summed E-state index contributed by atoms with van der Waals surface area (Å²) in [6, 6.07) is 0. The molecule has 10 heavy (non-hydrogen) atoms. The zero-order chi connectivity index (χ0) is 8.20. The summed E-state index contributed by atoms with van der Waals surface area (Å²) in [7, 11) is -2.87. The molecule has 4 heteroatoms. The van der Waals surface area contributed by atoms with Crippen LogP contribution < -0.4 is 0 Å². The first-order chi connectivity index (χ1) is 4.42. The van der Waals surface area contributed by atoms with E-state index in [1.54, 1.807) is 0 Å². The normalized spacial score (nSPS) is 11.4. The molecule has 0 aromatic carbocycles. The van der Waals surface area contributed by atoms with Crippen molar-refractivity contribution in [2.24, 2.45) is 0 Å². The monoisotopic (exact) mass is 164 g/mol. The first-order valence-electron chi connectivity index (χ1n) is 3.09. The van der Waals surface area contributed by atoms with E-state index >= 15 is 0 Å². The maximum Gasteiger partial charge on any atom is 0.147 e. The van der Waals surface area contributed by atoms with Crippen molar-refractivity contribution < 1.29 is 13.2 Å².